The first-order valence-electron chi connectivity index (χ1n) is 4.38. The van der Waals surface area contributed by atoms with Crippen molar-refractivity contribution < 1.29 is 4.79 Å². The fourth-order valence-electron chi connectivity index (χ4n) is 0.882. The van der Waals surface area contributed by atoms with Crippen LogP contribution in [0, 0.1) is 0 Å². The number of hydrogen-bond donors (Lipinski definition) is 2. The zero-order chi connectivity index (χ0) is 9.23. The summed E-state index contributed by atoms with van der Waals surface area (Å²) in [6, 6.07) is -0.0843. The largest absolute Gasteiger partial charge is 0.337 e. The maximum Gasteiger partial charge on any atom is 0.324 e. The van der Waals surface area contributed by atoms with Gasteiger partial charge in [0.2, 0.25) is 0 Å². The van der Waals surface area contributed by atoms with Crippen LogP contribution in [0.1, 0.15) is 32.6 Å². The van der Waals surface area contributed by atoms with E-state index in [9.17, 15) is 4.79 Å². The molecular formula is C8H18N2OS. The van der Waals surface area contributed by atoms with Crippen LogP contribution in [-0.2, 0) is 0 Å². The minimum atomic E-state index is -0.0843. The molecule has 0 radical (unpaired) electrons. The molecule has 0 aliphatic carbocycles. The molecule has 0 aromatic carbocycles. The number of carbonyl (C=O) groups is 1. The molecule has 0 heterocycles. The van der Waals surface area contributed by atoms with Crippen molar-refractivity contribution in [1.82, 2.24) is 10.0 Å². The van der Waals surface area contributed by atoms with E-state index in [-0.39, 0.29) is 6.03 Å². The number of carbonyl (C=O) groups excluding carboxylic acids is 1. The highest BCUT2D eigenvalue weighted by molar-refractivity contribution is 7.97. The van der Waals surface area contributed by atoms with Crippen LogP contribution in [0.15, 0.2) is 0 Å². The van der Waals surface area contributed by atoms with Crippen molar-refractivity contribution in [3.8, 4) is 0 Å². The third-order valence-electron chi connectivity index (χ3n) is 1.51. The molecule has 0 atom stereocenters. The Hall–Kier alpha value is -0.380. The SMILES string of the molecule is CCCCCCNC(=O)NSC. The van der Waals surface area contributed by atoms with Crippen LogP contribution in [0.5, 0.6) is 0 Å². The number of unbranched alkanes of at least 4 members (excludes halogenated alkanes) is 3. The number of rotatable bonds is 6. The summed E-state index contributed by atoms with van der Waals surface area (Å²) in [6.07, 6.45) is 6.60. The van der Waals surface area contributed by atoms with Crippen molar-refractivity contribution in [3.63, 3.8) is 0 Å². The molecule has 3 nitrogen and oxygen atoms in total. The van der Waals surface area contributed by atoms with Crippen LogP contribution < -0.4 is 10.0 Å². The lowest BCUT2D eigenvalue weighted by Crippen LogP contribution is -2.31. The van der Waals surface area contributed by atoms with Crippen molar-refractivity contribution in [2.45, 2.75) is 32.6 Å². The fourth-order valence-corrected chi connectivity index (χ4v) is 1.14. The average molecular weight is 190 g/mol. The highest BCUT2D eigenvalue weighted by Gasteiger charge is 1.95. The van der Waals surface area contributed by atoms with Crippen LogP contribution in [-0.4, -0.2) is 18.8 Å². The Kier molecular flexibility index (Phi) is 8.44. The second kappa shape index (κ2) is 8.71. The van der Waals surface area contributed by atoms with Crippen LogP contribution in [0.2, 0.25) is 0 Å². The van der Waals surface area contributed by atoms with E-state index in [1.807, 2.05) is 6.26 Å². The zero-order valence-electron chi connectivity index (χ0n) is 7.85. The summed E-state index contributed by atoms with van der Waals surface area (Å²) in [4.78, 5) is 10.8. The van der Waals surface area contributed by atoms with E-state index in [1.54, 1.807) is 0 Å². The van der Waals surface area contributed by atoms with E-state index in [4.69, 9.17) is 0 Å². The molecule has 0 aliphatic heterocycles. The van der Waals surface area contributed by atoms with Gasteiger partial charge in [-0.2, -0.15) is 0 Å². The number of amides is 2. The molecule has 0 saturated heterocycles. The van der Waals surface area contributed by atoms with E-state index in [1.165, 1.54) is 31.2 Å². The molecule has 2 amide bonds. The van der Waals surface area contributed by atoms with Gasteiger partial charge in [0, 0.05) is 12.8 Å². The highest BCUT2D eigenvalue weighted by atomic mass is 32.2. The summed E-state index contributed by atoms with van der Waals surface area (Å²) in [5.74, 6) is 0. The molecule has 0 aromatic rings. The molecule has 2 N–H and O–H groups in total. The maximum absolute atomic E-state index is 10.8. The first-order chi connectivity index (χ1) is 5.81. The highest BCUT2D eigenvalue weighted by Crippen LogP contribution is 1.96. The van der Waals surface area contributed by atoms with E-state index in [0.717, 1.165) is 13.0 Å². The first-order valence-corrected chi connectivity index (χ1v) is 5.60. The molecule has 0 rings (SSSR count). The first kappa shape index (κ1) is 11.6. The summed E-state index contributed by atoms with van der Waals surface area (Å²) in [7, 11) is 0. The molecule has 4 heteroatoms. The molecule has 0 fully saturated rings. The minimum absolute atomic E-state index is 0.0843. The quantitative estimate of drug-likeness (QED) is 0.497. The van der Waals surface area contributed by atoms with Crippen LogP contribution in [0.25, 0.3) is 0 Å². The topological polar surface area (TPSA) is 41.1 Å². The minimum Gasteiger partial charge on any atom is -0.337 e. The van der Waals surface area contributed by atoms with Gasteiger partial charge in [-0.25, -0.2) is 4.79 Å². The lowest BCUT2D eigenvalue weighted by molar-refractivity contribution is 0.246. The van der Waals surface area contributed by atoms with Crippen molar-refractivity contribution in [1.29, 1.82) is 0 Å². The zero-order valence-corrected chi connectivity index (χ0v) is 8.67. The number of nitrogens with one attached hydrogen (secondary N) is 2. The summed E-state index contributed by atoms with van der Waals surface area (Å²) < 4.78 is 2.60. The Morgan fingerprint density at radius 3 is 2.67 bits per heavy atom. The third kappa shape index (κ3) is 7.72. The molecule has 0 aromatic heterocycles. The van der Waals surface area contributed by atoms with Gasteiger partial charge in [-0.15, -0.1) is 0 Å². The normalized spacial score (nSPS) is 9.50. The Bertz CT molecular complexity index is 120. The van der Waals surface area contributed by atoms with Crippen LogP contribution in [0.4, 0.5) is 4.79 Å². The molecule has 0 spiro atoms. The summed E-state index contributed by atoms with van der Waals surface area (Å²) in [6.45, 7) is 2.96. The third-order valence-corrected chi connectivity index (χ3v) is 1.90. The van der Waals surface area contributed by atoms with Gasteiger partial charge in [0.1, 0.15) is 0 Å². The van der Waals surface area contributed by atoms with Crippen molar-refractivity contribution in [2.24, 2.45) is 0 Å². The Labute approximate surface area is 78.8 Å². The van der Waals surface area contributed by atoms with E-state index in [2.05, 4.69) is 17.0 Å². The van der Waals surface area contributed by atoms with Gasteiger partial charge in [0.05, 0.1) is 0 Å². The molecule has 0 bridgehead atoms. The van der Waals surface area contributed by atoms with E-state index in [0.29, 0.717) is 0 Å². The van der Waals surface area contributed by atoms with Gasteiger partial charge in [-0.1, -0.05) is 38.1 Å². The predicted molar refractivity (Wildman–Crippen MR) is 54.2 cm³/mol. The van der Waals surface area contributed by atoms with Gasteiger partial charge in [0.15, 0.2) is 0 Å². The maximum atomic E-state index is 10.8. The van der Waals surface area contributed by atoms with Gasteiger partial charge in [-0.3, -0.25) is 4.72 Å². The van der Waals surface area contributed by atoms with Gasteiger partial charge >= 0.3 is 6.03 Å². The summed E-state index contributed by atoms with van der Waals surface area (Å²) in [5.41, 5.74) is 0. The number of urea groups is 1. The van der Waals surface area contributed by atoms with Crippen molar-refractivity contribution >= 4 is 18.0 Å². The molecule has 0 saturated carbocycles. The molecule has 12 heavy (non-hydrogen) atoms. The molecule has 0 unspecified atom stereocenters. The van der Waals surface area contributed by atoms with Crippen molar-refractivity contribution in [2.75, 3.05) is 12.8 Å². The van der Waals surface area contributed by atoms with Crippen molar-refractivity contribution in [3.05, 3.63) is 0 Å². The Morgan fingerprint density at radius 2 is 2.08 bits per heavy atom. The summed E-state index contributed by atoms with van der Waals surface area (Å²) in [5, 5.41) is 2.77. The lowest BCUT2D eigenvalue weighted by atomic mass is 10.2. The van der Waals surface area contributed by atoms with E-state index < -0.39 is 0 Å². The summed E-state index contributed by atoms with van der Waals surface area (Å²) >= 11 is 1.32. The smallest absolute Gasteiger partial charge is 0.324 e. The second-order valence-corrected chi connectivity index (χ2v) is 3.24. The van der Waals surface area contributed by atoms with Gasteiger partial charge < -0.3 is 5.32 Å². The van der Waals surface area contributed by atoms with Gasteiger partial charge in [-0.05, 0) is 6.42 Å². The van der Waals surface area contributed by atoms with E-state index >= 15 is 0 Å². The second-order valence-electron chi connectivity index (χ2n) is 2.62. The standard InChI is InChI=1S/C8H18N2OS/c1-3-4-5-6-7-9-8(11)10-12-2/h3-7H2,1-2H3,(H2,9,10,11). The molecular weight excluding hydrogens is 172 g/mol. The van der Waals surface area contributed by atoms with Crippen LogP contribution in [0.3, 0.4) is 0 Å². The number of hydrogen-bond acceptors (Lipinski definition) is 2. The molecule has 0 aliphatic rings. The lowest BCUT2D eigenvalue weighted by Gasteiger charge is -2.03. The Balaban J connectivity index is 3.03. The van der Waals surface area contributed by atoms with Gasteiger partial charge in [0.25, 0.3) is 0 Å². The molecule has 72 valence electrons. The average Bonchev–Trinajstić information content (AvgIpc) is 2.05. The monoisotopic (exact) mass is 190 g/mol. The predicted octanol–water partition coefficient (Wildman–Crippen LogP) is 2.14. The Morgan fingerprint density at radius 1 is 1.33 bits per heavy atom. The fraction of sp³-hybridized carbons (Fsp3) is 0.875. The van der Waals surface area contributed by atoms with Crippen LogP contribution >= 0.6 is 11.9 Å².